The Morgan fingerprint density at radius 2 is 2.15 bits per heavy atom. The summed E-state index contributed by atoms with van der Waals surface area (Å²) in [5, 5.41) is 2.49. The molecule has 0 aliphatic rings. The Morgan fingerprint density at radius 1 is 1.50 bits per heavy atom. The van der Waals surface area contributed by atoms with Crippen LogP contribution in [0, 0.1) is 0 Å². The highest BCUT2D eigenvalue weighted by Gasteiger charge is 2.25. The SMILES string of the molecule is CCOP(=O)(CNC(=O)[C@@H](N)Cc1cnc[nH]1)OCC. The zero-order valence-electron chi connectivity index (χ0n) is 11.7. The van der Waals surface area contributed by atoms with E-state index in [1.807, 2.05) is 0 Å². The number of rotatable bonds is 9. The predicted molar refractivity (Wildman–Crippen MR) is 74.1 cm³/mol. The number of nitrogens with one attached hydrogen (secondary N) is 2. The monoisotopic (exact) mass is 304 g/mol. The Bertz CT molecular complexity index is 441. The van der Waals surface area contributed by atoms with E-state index in [-0.39, 0.29) is 19.5 Å². The third-order valence-electron chi connectivity index (χ3n) is 2.43. The minimum atomic E-state index is -3.29. The highest BCUT2D eigenvalue weighted by Crippen LogP contribution is 2.46. The molecule has 8 nitrogen and oxygen atoms in total. The number of H-pyrrole nitrogens is 1. The summed E-state index contributed by atoms with van der Waals surface area (Å²) in [6.45, 7) is 3.90. The van der Waals surface area contributed by atoms with Gasteiger partial charge >= 0.3 is 7.60 Å². The predicted octanol–water partition coefficient (Wildman–Crippen LogP) is 0.619. The number of hydrogen-bond acceptors (Lipinski definition) is 6. The molecule has 4 N–H and O–H groups in total. The van der Waals surface area contributed by atoms with Gasteiger partial charge in [-0.1, -0.05) is 0 Å². The summed E-state index contributed by atoms with van der Waals surface area (Å²) in [7, 11) is -3.29. The first-order valence-electron chi connectivity index (χ1n) is 6.39. The minimum Gasteiger partial charge on any atom is -0.348 e. The van der Waals surface area contributed by atoms with Gasteiger partial charge in [-0.25, -0.2) is 4.98 Å². The fourth-order valence-electron chi connectivity index (χ4n) is 1.55. The summed E-state index contributed by atoms with van der Waals surface area (Å²) in [5.41, 5.74) is 6.51. The summed E-state index contributed by atoms with van der Waals surface area (Å²) >= 11 is 0. The van der Waals surface area contributed by atoms with Crippen LogP contribution in [0.5, 0.6) is 0 Å². The summed E-state index contributed by atoms with van der Waals surface area (Å²) < 4.78 is 22.3. The lowest BCUT2D eigenvalue weighted by molar-refractivity contribution is -0.122. The van der Waals surface area contributed by atoms with Gasteiger partial charge in [-0.3, -0.25) is 9.36 Å². The molecule has 0 aliphatic carbocycles. The number of carbonyl (C=O) groups excluding carboxylic acids is 1. The standard InChI is InChI=1S/C11H21N4O4P/c1-3-18-20(17,19-4-2)8-15-11(16)10(12)5-9-6-13-7-14-9/h6-7,10H,3-5,8,12H2,1-2H3,(H,13,14)(H,15,16)/t10-/m0/s1. The van der Waals surface area contributed by atoms with E-state index in [9.17, 15) is 9.36 Å². The van der Waals surface area contributed by atoms with Crippen LogP contribution in [0.15, 0.2) is 12.5 Å². The van der Waals surface area contributed by atoms with Crippen LogP contribution in [0.3, 0.4) is 0 Å². The van der Waals surface area contributed by atoms with Gasteiger partial charge in [-0.15, -0.1) is 0 Å². The van der Waals surface area contributed by atoms with Crippen molar-refractivity contribution in [2.24, 2.45) is 5.73 Å². The minimum absolute atomic E-state index is 0.190. The van der Waals surface area contributed by atoms with Crippen LogP contribution in [0.25, 0.3) is 0 Å². The number of imidazole rings is 1. The second kappa shape index (κ2) is 8.16. The van der Waals surface area contributed by atoms with Crippen molar-refractivity contribution < 1.29 is 18.4 Å². The van der Waals surface area contributed by atoms with E-state index in [1.54, 1.807) is 20.0 Å². The van der Waals surface area contributed by atoms with E-state index in [1.165, 1.54) is 6.33 Å². The zero-order valence-corrected chi connectivity index (χ0v) is 12.6. The largest absolute Gasteiger partial charge is 0.349 e. The Morgan fingerprint density at radius 3 is 2.65 bits per heavy atom. The number of carbonyl (C=O) groups is 1. The Kier molecular flexibility index (Phi) is 6.87. The van der Waals surface area contributed by atoms with Gasteiger partial charge < -0.3 is 25.1 Å². The van der Waals surface area contributed by atoms with Crippen molar-refractivity contribution in [2.45, 2.75) is 26.3 Å². The third-order valence-corrected chi connectivity index (χ3v) is 4.28. The summed E-state index contributed by atoms with van der Waals surface area (Å²) in [6, 6.07) is -0.757. The van der Waals surface area contributed by atoms with Crippen LogP contribution >= 0.6 is 7.60 Å². The zero-order chi connectivity index (χ0) is 15.0. The molecule has 0 saturated heterocycles. The van der Waals surface area contributed by atoms with Crippen molar-refractivity contribution in [3.8, 4) is 0 Å². The number of aromatic amines is 1. The molecule has 0 aliphatic heterocycles. The van der Waals surface area contributed by atoms with E-state index in [0.29, 0.717) is 6.42 Å². The van der Waals surface area contributed by atoms with Gasteiger partial charge in [0.2, 0.25) is 5.91 Å². The fourth-order valence-corrected chi connectivity index (χ4v) is 2.95. The van der Waals surface area contributed by atoms with Gasteiger partial charge in [0.05, 0.1) is 25.6 Å². The quantitative estimate of drug-likeness (QED) is 0.575. The maximum Gasteiger partial charge on any atom is 0.349 e. The van der Waals surface area contributed by atoms with E-state index >= 15 is 0 Å². The van der Waals surface area contributed by atoms with Crippen LogP contribution < -0.4 is 11.1 Å². The number of aromatic nitrogens is 2. The fraction of sp³-hybridized carbons (Fsp3) is 0.636. The number of nitrogens with zero attached hydrogens (tertiary/aromatic N) is 1. The number of amides is 1. The molecule has 0 bridgehead atoms. The summed E-state index contributed by atoms with van der Waals surface area (Å²) in [4.78, 5) is 18.5. The lowest BCUT2D eigenvalue weighted by atomic mass is 10.2. The average molecular weight is 304 g/mol. The van der Waals surface area contributed by atoms with Gasteiger partial charge in [0.25, 0.3) is 0 Å². The van der Waals surface area contributed by atoms with Crippen molar-refractivity contribution in [1.82, 2.24) is 15.3 Å². The molecular weight excluding hydrogens is 283 g/mol. The molecule has 0 spiro atoms. The second-order valence-electron chi connectivity index (χ2n) is 4.03. The van der Waals surface area contributed by atoms with Gasteiger partial charge in [0, 0.05) is 18.3 Å². The number of nitrogens with two attached hydrogens (primary N) is 1. The first kappa shape index (κ1) is 16.8. The van der Waals surface area contributed by atoms with Crippen LogP contribution in [-0.4, -0.2) is 41.4 Å². The molecule has 1 aromatic heterocycles. The van der Waals surface area contributed by atoms with Crippen molar-refractivity contribution in [1.29, 1.82) is 0 Å². The van der Waals surface area contributed by atoms with E-state index in [0.717, 1.165) is 5.69 Å². The molecule has 114 valence electrons. The Labute approximate surface area is 118 Å². The van der Waals surface area contributed by atoms with E-state index in [4.69, 9.17) is 14.8 Å². The molecule has 1 atom stereocenters. The molecule has 0 unspecified atom stereocenters. The Balaban J connectivity index is 2.46. The Hall–Kier alpha value is -1.21. The molecule has 0 saturated carbocycles. The molecule has 0 radical (unpaired) electrons. The third kappa shape index (κ3) is 5.42. The van der Waals surface area contributed by atoms with E-state index < -0.39 is 19.5 Å². The smallest absolute Gasteiger partial charge is 0.348 e. The lowest BCUT2D eigenvalue weighted by Gasteiger charge is -2.18. The highest BCUT2D eigenvalue weighted by molar-refractivity contribution is 7.53. The van der Waals surface area contributed by atoms with Gasteiger partial charge in [0.15, 0.2) is 0 Å². The number of hydrogen-bond donors (Lipinski definition) is 3. The maximum absolute atomic E-state index is 12.1. The first-order valence-corrected chi connectivity index (χ1v) is 8.12. The van der Waals surface area contributed by atoms with Gasteiger partial charge in [0.1, 0.15) is 6.29 Å². The molecule has 0 fully saturated rings. The molecular formula is C11H21N4O4P. The summed E-state index contributed by atoms with van der Waals surface area (Å²) in [6.07, 6.45) is 3.24. The van der Waals surface area contributed by atoms with Crippen LogP contribution in [0.2, 0.25) is 0 Å². The first-order chi connectivity index (χ1) is 9.50. The molecule has 1 heterocycles. The van der Waals surface area contributed by atoms with Crippen molar-refractivity contribution >= 4 is 13.5 Å². The van der Waals surface area contributed by atoms with Crippen LogP contribution in [0.1, 0.15) is 19.5 Å². The molecule has 1 aromatic rings. The van der Waals surface area contributed by atoms with Crippen molar-refractivity contribution in [3.63, 3.8) is 0 Å². The van der Waals surface area contributed by atoms with Crippen molar-refractivity contribution in [3.05, 3.63) is 18.2 Å². The topological polar surface area (TPSA) is 119 Å². The molecule has 0 aromatic carbocycles. The molecule has 1 amide bonds. The highest BCUT2D eigenvalue weighted by atomic mass is 31.2. The van der Waals surface area contributed by atoms with Gasteiger partial charge in [-0.2, -0.15) is 0 Å². The maximum atomic E-state index is 12.1. The van der Waals surface area contributed by atoms with Crippen LogP contribution in [-0.2, 0) is 24.8 Å². The van der Waals surface area contributed by atoms with E-state index in [2.05, 4.69) is 15.3 Å². The molecule has 20 heavy (non-hydrogen) atoms. The molecule has 9 heteroatoms. The average Bonchev–Trinajstić information content (AvgIpc) is 2.89. The van der Waals surface area contributed by atoms with Crippen molar-refractivity contribution in [2.75, 3.05) is 19.5 Å². The second-order valence-corrected chi connectivity index (χ2v) is 6.09. The summed E-state index contributed by atoms with van der Waals surface area (Å²) in [5.74, 6) is -0.417. The normalized spacial score (nSPS) is 13.2. The lowest BCUT2D eigenvalue weighted by Crippen LogP contribution is -2.42. The molecule has 1 rings (SSSR count). The van der Waals surface area contributed by atoms with Crippen LogP contribution in [0.4, 0.5) is 0 Å². The van der Waals surface area contributed by atoms with Gasteiger partial charge in [-0.05, 0) is 13.8 Å².